The van der Waals surface area contributed by atoms with Crippen molar-refractivity contribution in [2.45, 2.75) is 32.7 Å². The van der Waals surface area contributed by atoms with Crippen LogP contribution in [-0.2, 0) is 11.2 Å². The Labute approximate surface area is 144 Å². The van der Waals surface area contributed by atoms with Crippen LogP contribution in [0.5, 0.6) is 0 Å². The van der Waals surface area contributed by atoms with Crippen molar-refractivity contribution < 1.29 is 9.32 Å². The number of aryl methyl sites for hydroxylation is 2. The Morgan fingerprint density at radius 3 is 2.96 bits per heavy atom. The van der Waals surface area contributed by atoms with E-state index in [-0.39, 0.29) is 11.9 Å². The molecule has 6 nitrogen and oxygen atoms in total. The fourth-order valence-corrected chi connectivity index (χ4v) is 3.40. The molecule has 24 heavy (non-hydrogen) atoms. The third kappa shape index (κ3) is 3.73. The van der Waals surface area contributed by atoms with E-state index in [1.54, 1.807) is 17.5 Å². The molecule has 3 rings (SSSR count). The highest BCUT2D eigenvalue weighted by Gasteiger charge is 2.16. The molecule has 3 aromatic rings. The van der Waals surface area contributed by atoms with Crippen molar-refractivity contribution in [3.8, 4) is 0 Å². The first-order valence-corrected chi connectivity index (χ1v) is 8.79. The van der Waals surface area contributed by atoms with Gasteiger partial charge in [-0.2, -0.15) is 16.4 Å². The van der Waals surface area contributed by atoms with Gasteiger partial charge in [-0.05, 0) is 48.7 Å². The van der Waals surface area contributed by atoms with Gasteiger partial charge in [-0.1, -0.05) is 5.16 Å². The Kier molecular flexibility index (Phi) is 5.10. The van der Waals surface area contributed by atoms with Crippen molar-refractivity contribution in [1.29, 1.82) is 0 Å². The van der Waals surface area contributed by atoms with E-state index in [4.69, 9.17) is 4.52 Å². The largest absolute Gasteiger partial charge is 0.361 e. The highest BCUT2D eigenvalue weighted by atomic mass is 32.1. The highest BCUT2D eigenvalue weighted by Crippen LogP contribution is 2.20. The topological polar surface area (TPSA) is 73.0 Å². The summed E-state index contributed by atoms with van der Waals surface area (Å²) in [6.07, 6.45) is 4.72. The number of nitrogens with one attached hydrogen (secondary N) is 1. The third-order valence-electron chi connectivity index (χ3n) is 4.05. The second-order valence-corrected chi connectivity index (χ2v) is 6.45. The van der Waals surface area contributed by atoms with Gasteiger partial charge in [0.2, 0.25) is 5.91 Å². The van der Waals surface area contributed by atoms with E-state index in [2.05, 4.69) is 27.0 Å². The van der Waals surface area contributed by atoms with Crippen LogP contribution in [0.4, 0.5) is 0 Å². The van der Waals surface area contributed by atoms with Crippen molar-refractivity contribution in [2.75, 3.05) is 6.54 Å². The maximum Gasteiger partial charge on any atom is 0.220 e. The summed E-state index contributed by atoms with van der Waals surface area (Å²) in [5, 5.41) is 15.4. The van der Waals surface area contributed by atoms with E-state index in [1.165, 1.54) is 0 Å². The maximum atomic E-state index is 12.2. The molecule has 0 aliphatic heterocycles. The number of aromatic nitrogens is 3. The molecular formula is C17H20N4O2S. The maximum absolute atomic E-state index is 12.2. The van der Waals surface area contributed by atoms with Gasteiger partial charge in [-0.25, -0.2) is 0 Å². The Morgan fingerprint density at radius 1 is 1.46 bits per heavy atom. The van der Waals surface area contributed by atoms with E-state index in [1.807, 2.05) is 36.2 Å². The minimum Gasteiger partial charge on any atom is -0.361 e. The standard InChI is InChI=1S/C17H20N4O2S/c1-12-15(13(2)23-20-12)4-5-17(22)18-10-16(14-6-9-24-11-14)21-8-3-7-19-21/h3,6-9,11,16H,4-5,10H2,1-2H3,(H,18,22)/t16-/m0/s1. The Balaban J connectivity index is 1.58. The van der Waals surface area contributed by atoms with Crippen LogP contribution in [-0.4, -0.2) is 27.4 Å². The first kappa shape index (κ1) is 16.4. The molecule has 0 saturated heterocycles. The van der Waals surface area contributed by atoms with Gasteiger partial charge in [0, 0.05) is 30.9 Å². The zero-order valence-corrected chi connectivity index (χ0v) is 14.5. The van der Waals surface area contributed by atoms with Crippen LogP contribution in [0.1, 0.15) is 35.0 Å². The molecule has 1 amide bonds. The molecule has 0 aliphatic rings. The average molecular weight is 344 g/mol. The molecule has 0 saturated carbocycles. The molecule has 7 heteroatoms. The molecule has 0 fully saturated rings. The minimum absolute atomic E-state index is 0.00858. The lowest BCUT2D eigenvalue weighted by atomic mass is 10.1. The monoisotopic (exact) mass is 344 g/mol. The predicted octanol–water partition coefficient (Wildman–Crippen LogP) is 2.89. The first-order chi connectivity index (χ1) is 11.6. The normalized spacial score (nSPS) is 12.2. The molecular weight excluding hydrogens is 324 g/mol. The third-order valence-corrected chi connectivity index (χ3v) is 4.75. The van der Waals surface area contributed by atoms with E-state index in [0.29, 0.717) is 19.4 Å². The Morgan fingerprint density at radius 2 is 2.33 bits per heavy atom. The van der Waals surface area contributed by atoms with Gasteiger partial charge >= 0.3 is 0 Å². The summed E-state index contributed by atoms with van der Waals surface area (Å²) >= 11 is 1.64. The molecule has 0 radical (unpaired) electrons. The van der Waals surface area contributed by atoms with Crippen molar-refractivity contribution in [3.05, 3.63) is 57.9 Å². The van der Waals surface area contributed by atoms with E-state index < -0.39 is 0 Å². The summed E-state index contributed by atoms with van der Waals surface area (Å²) < 4.78 is 7.00. The summed E-state index contributed by atoms with van der Waals surface area (Å²) in [6.45, 7) is 4.28. The lowest BCUT2D eigenvalue weighted by Crippen LogP contribution is -2.31. The molecule has 3 heterocycles. The lowest BCUT2D eigenvalue weighted by molar-refractivity contribution is -0.121. The smallest absolute Gasteiger partial charge is 0.220 e. The van der Waals surface area contributed by atoms with E-state index in [9.17, 15) is 4.79 Å². The van der Waals surface area contributed by atoms with Gasteiger partial charge < -0.3 is 9.84 Å². The molecule has 0 aliphatic carbocycles. The molecule has 0 spiro atoms. The second kappa shape index (κ2) is 7.44. The predicted molar refractivity (Wildman–Crippen MR) is 92.0 cm³/mol. The van der Waals surface area contributed by atoms with Crippen LogP contribution >= 0.6 is 11.3 Å². The van der Waals surface area contributed by atoms with Gasteiger partial charge in [0.05, 0.1) is 11.7 Å². The molecule has 1 N–H and O–H groups in total. The number of nitrogens with zero attached hydrogens (tertiary/aromatic N) is 3. The summed E-state index contributed by atoms with van der Waals surface area (Å²) in [7, 11) is 0. The summed E-state index contributed by atoms with van der Waals surface area (Å²) in [6, 6.07) is 3.96. The van der Waals surface area contributed by atoms with Gasteiger partial charge in [-0.3, -0.25) is 9.48 Å². The number of thiophene rings is 1. The number of carbonyl (C=O) groups excluding carboxylic acids is 1. The average Bonchev–Trinajstić information content (AvgIpc) is 3.31. The number of hydrogen-bond donors (Lipinski definition) is 1. The SMILES string of the molecule is Cc1noc(C)c1CCC(=O)NC[C@@H](c1ccsc1)n1cccn1. The quantitative estimate of drug-likeness (QED) is 0.715. The summed E-state index contributed by atoms with van der Waals surface area (Å²) in [4.78, 5) is 12.2. The number of carbonyl (C=O) groups is 1. The van der Waals surface area contributed by atoms with Gasteiger partial charge in [0.1, 0.15) is 5.76 Å². The number of rotatable bonds is 7. The van der Waals surface area contributed by atoms with Gasteiger partial charge in [0.15, 0.2) is 0 Å². The van der Waals surface area contributed by atoms with Gasteiger partial charge in [0.25, 0.3) is 0 Å². The van der Waals surface area contributed by atoms with Crippen LogP contribution < -0.4 is 5.32 Å². The molecule has 1 atom stereocenters. The highest BCUT2D eigenvalue weighted by molar-refractivity contribution is 7.07. The molecule has 3 aromatic heterocycles. The molecule has 0 aromatic carbocycles. The van der Waals surface area contributed by atoms with Crippen LogP contribution in [0.15, 0.2) is 39.8 Å². The Bertz CT molecular complexity index is 724. The van der Waals surface area contributed by atoms with Crippen molar-refractivity contribution in [3.63, 3.8) is 0 Å². The molecule has 0 unspecified atom stereocenters. The summed E-state index contributed by atoms with van der Waals surface area (Å²) in [5.74, 6) is 0.801. The van der Waals surface area contributed by atoms with Crippen molar-refractivity contribution in [2.24, 2.45) is 0 Å². The molecule has 126 valence electrons. The minimum atomic E-state index is 0.00858. The second-order valence-electron chi connectivity index (χ2n) is 5.67. The van der Waals surface area contributed by atoms with Gasteiger partial charge in [-0.15, -0.1) is 0 Å². The fourth-order valence-electron chi connectivity index (χ4n) is 2.69. The number of hydrogen-bond acceptors (Lipinski definition) is 5. The van der Waals surface area contributed by atoms with E-state index >= 15 is 0 Å². The zero-order valence-electron chi connectivity index (χ0n) is 13.7. The van der Waals surface area contributed by atoms with Crippen LogP contribution in [0.2, 0.25) is 0 Å². The van der Waals surface area contributed by atoms with E-state index in [0.717, 1.165) is 22.6 Å². The first-order valence-electron chi connectivity index (χ1n) is 7.85. The van der Waals surface area contributed by atoms with Crippen LogP contribution in [0, 0.1) is 13.8 Å². The summed E-state index contributed by atoms with van der Waals surface area (Å²) in [5.41, 5.74) is 3.02. The van der Waals surface area contributed by atoms with Crippen molar-refractivity contribution in [1.82, 2.24) is 20.3 Å². The fraction of sp³-hybridized carbons (Fsp3) is 0.353. The van der Waals surface area contributed by atoms with Crippen LogP contribution in [0.3, 0.4) is 0 Å². The molecule has 0 bridgehead atoms. The van der Waals surface area contributed by atoms with Crippen LogP contribution in [0.25, 0.3) is 0 Å². The van der Waals surface area contributed by atoms with Crippen molar-refractivity contribution >= 4 is 17.2 Å². The number of amides is 1. The Hall–Kier alpha value is -2.41. The zero-order chi connectivity index (χ0) is 16.9. The lowest BCUT2D eigenvalue weighted by Gasteiger charge is -2.17.